The third-order valence-corrected chi connectivity index (χ3v) is 11.3. The summed E-state index contributed by atoms with van der Waals surface area (Å²) < 4.78 is 39.3. The molecule has 0 amide bonds. The first kappa shape index (κ1) is 67.7. The number of hydrogen-bond acceptors (Lipinski definition) is 16. The van der Waals surface area contributed by atoms with Crippen molar-refractivity contribution in [1.29, 1.82) is 0 Å². The van der Waals surface area contributed by atoms with Gasteiger partial charge in [0.05, 0.1) is 9.90 Å². The fraction of sp³-hybridized carbons (Fsp3) is 0.846. The summed E-state index contributed by atoms with van der Waals surface area (Å²) in [4.78, 5) is 53.3. The average molecular weight is 970 g/mol. The number of aliphatic carboxylic acids is 2. The molecule has 0 aromatic carbocycles. The Balaban J connectivity index is -0.000000340. The average Bonchev–Trinajstić information content (AvgIpc) is 3.82. The van der Waals surface area contributed by atoms with E-state index in [1.54, 1.807) is 13.7 Å². The molecule has 1 aliphatic heterocycles. The smallest absolute Gasteiger partial charge is 0.330 e. The number of hydrogen-bond donors (Lipinski definition) is 6. The Bertz CT molecular complexity index is 1980. The molecule has 0 spiro atoms. The highest BCUT2D eigenvalue weighted by atomic mass is 32.2. The SMILES string of the molecule is CB(O)C(C)(C)C.CC(=O)C(C)(C)C.CC(C)(C)C1=NCN=N1.CC(C)(C)P(=O)(O)O.CC(C)(C)S(=O)(=O)O.CC(C)(C)c1nnn(CC(=O)O)n1.CC(C)(C)c1nnnn1CC(=O)O. The molecular weight excluding hydrogens is 888 g/mol. The Morgan fingerprint density at radius 1 is 0.723 bits per heavy atom. The number of carbonyl (C=O) groups is 3. The minimum absolute atomic E-state index is 0.0556. The minimum atomic E-state index is -3.85. The molecule has 26 heteroatoms. The van der Waals surface area contributed by atoms with Crippen molar-refractivity contribution < 1.29 is 56.9 Å². The van der Waals surface area contributed by atoms with Crippen LogP contribution >= 0.6 is 7.60 Å². The van der Waals surface area contributed by atoms with Gasteiger partial charge in [-0.25, -0.2) is 9.67 Å². The van der Waals surface area contributed by atoms with Crippen LogP contribution in [0.3, 0.4) is 0 Å². The van der Waals surface area contributed by atoms with Crippen molar-refractivity contribution in [3.05, 3.63) is 11.6 Å². The van der Waals surface area contributed by atoms with E-state index in [2.05, 4.69) is 66.9 Å². The summed E-state index contributed by atoms with van der Waals surface area (Å²) in [6.07, 6.45) is 0. The van der Waals surface area contributed by atoms with Gasteiger partial charge in [-0.15, -0.1) is 20.4 Å². The number of azo groups is 1. The lowest BCUT2D eigenvalue weighted by atomic mass is 9.50. The van der Waals surface area contributed by atoms with Crippen LogP contribution in [0.1, 0.15) is 164 Å². The molecule has 1 aliphatic rings. The number of Topliss-reactive ketones (excluding diaryl/α,β-unsaturated/α-hetero) is 1. The number of rotatable bonds is 4. The van der Waals surface area contributed by atoms with Crippen molar-refractivity contribution in [2.75, 3.05) is 6.67 Å². The van der Waals surface area contributed by atoms with Crippen LogP contribution in [0.4, 0.5) is 0 Å². The highest BCUT2D eigenvalue weighted by molar-refractivity contribution is 7.87. The summed E-state index contributed by atoms with van der Waals surface area (Å²) in [5, 5.41) is 54.8. The second kappa shape index (κ2) is 26.4. The van der Waals surface area contributed by atoms with E-state index >= 15 is 0 Å². The second-order valence-electron chi connectivity index (χ2n) is 21.9. The lowest BCUT2D eigenvalue weighted by molar-refractivity contribution is -0.139. The number of aromatic nitrogens is 8. The van der Waals surface area contributed by atoms with E-state index < -0.39 is 39.6 Å². The topological polar surface area (TPSA) is 348 Å². The number of tetrazole rings is 2. The third kappa shape index (κ3) is 33.3. The van der Waals surface area contributed by atoms with Crippen LogP contribution in [-0.2, 0) is 53.0 Å². The lowest BCUT2D eigenvalue weighted by Crippen LogP contribution is -2.26. The van der Waals surface area contributed by atoms with E-state index in [1.165, 1.54) is 46.2 Å². The molecule has 65 heavy (non-hydrogen) atoms. The molecular formula is C39H81BN11O12PS. The Kier molecular flexibility index (Phi) is 27.5. The van der Waals surface area contributed by atoms with Crippen LogP contribution in [0, 0.1) is 10.8 Å². The number of aliphatic imine (C=N–C) groups is 1. The maximum atomic E-state index is 10.5. The van der Waals surface area contributed by atoms with E-state index in [0.29, 0.717) is 18.3 Å². The van der Waals surface area contributed by atoms with E-state index in [9.17, 15) is 27.4 Å². The molecule has 0 bridgehead atoms. The monoisotopic (exact) mass is 970 g/mol. The summed E-state index contributed by atoms with van der Waals surface area (Å²) in [5.74, 6) is 0.314. The molecule has 0 atom stereocenters. The lowest BCUT2D eigenvalue weighted by Gasteiger charge is -2.18. The van der Waals surface area contributed by atoms with Gasteiger partial charge in [0.15, 0.2) is 30.7 Å². The van der Waals surface area contributed by atoms with E-state index in [0.717, 1.165) is 10.6 Å². The molecule has 23 nitrogen and oxygen atoms in total. The first-order valence-corrected chi connectivity index (χ1v) is 23.5. The molecule has 0 fully saturated rings. The minimum Gasteiger partial charge on any atom is -0.480 e. The Morgan fingerprint density at radius 2 is 1.11 bits per heavy atom. The summed E-state index contributed by atoms with van der Waals surface area (Å²) in [7, 11) is -7.69. The molecule has 0 aliphatic carbocycles. The molecule has 6 N–H and O–H groups in total. The molecule has 3 heterocycles. The number of ketones is 1. The second-order valence-corrected chi connectivity index (χ2v) is 26.5. The fourth-order valence-electron chi connectivity index (χ4n) is 2.32. The molecule has 3 rings (SSSR count). The Hall–Kier alpha value is -3.90. The van der Waals surface area contributed by atoms with Gasteiger partial charge in [-0.1, -0.05) is 111 Å². The quantitative estimate of drug-likeness (QED) is 0.106. The van der Waals surface area contributed by atoms with Crippen molar-refractivity contribution in [1.82, 2.24) is 40.4 Å². The fourth-order valence-corrected chi connectivity index (χ4v) is 2.32. The van der Waals surface area contributed by atoms with Crippen molar-refractivity contribution in [3.63, 3.8) is 0 Å². The highest BCUT2D eigenvalue weighted by Crippen LogP contribution is 2.49. The van der Waals surface area contributed by atoms with Gasteiger partial charge in [0.1, 0.15) is 12.3 Å². The number of nitrogens with zero attached hydrogens (tertiary/aromatic N) is 11. The maximum Gasteiger partial charge on any atom is 0.330 e. The van der Waals surface area contributed by atoms with Gasteiger partial charge in [-0.2, -0.15) is 18.3 Å². The molecule has 2 aromatic heterocycles. The number of carbonyl (C=O) groups excluding carboxylic acids is 1. The predicted molar refractivity (Wildman–Crippen MR) is 252 cm³/mol. The van der Waals surface area contributed by atoms with Gasteiger partial charge < -0.3 is 25.0 Å². The summed E-state index contributed by atoms with van der Waals surface area (Å²) >= 11 is 0. The first-order chi connectivity index (χ1) is 28.3. The van der Waals surface area contributed by atoms with E-state index in [4.69, 9.17) is 29.6 Å². The van der Waals surface area contributed by atoms with Crippen LogP contribution in [0.25, 0.3) is 0 Å². The maximum absolute atomic E-state index is 10.5. The van der Waals surface area contributed by atoms with Gasteiger partial charge in [0.2, 0.25) is 0 Å². The van der Waals surface area contributed by atoms with Crippen molar-refractivity contribution >= 4 is 48.2 Å². The van der Waals surface area contributed by atoms with Crippen LogP contribution in [0.5, 0.6) is 0 Å². The van der Waals surface area contributed by atoms with Crippen molar-refractivity contribution in [2.45, 2.75) is 198 Å². The van der Waals surface area contributed by atoms with Crippen LogP contribution in [-0.4, -0.2) is 125 Å². The van der Waals surface area contributed by atoms with Crippen LogP contribution < -0.4 is 0 Å². The van der Waals surface area contributed by atoms with Gasteiger partial charge >= 0.3 is 19.5 Å². The molecule has 0 saturated heterocycles. The van der Waals surface area contributed by atoms with Gasteiger partial charge in [0, 0.05) is 21.7 Å². The highest BCUT2D eigenvalue weighted by Gasteiger charge is 2.32. The van der Waals surface area contributed by atoms with Crippen molar-refractivity contribution in [3.8, 4) is 0 Å². The summed E-state index contributed by atoms with van der Waals surface area (Å²) in [6, 6.07) is 0. The zero-order valence-corrected chi connectivity index (χ0v) is 44.8. The number of amidine groups is 1. The number of carboxylic acids is 2. The van der Waals surface area contributed by atoms with Crippen LogP contribution in [0.15, 0.2) is 15.2 Å². The normalized spacial score (nSPS) is 13.1. The largest absolute Gasteiger partial charge is 0.480 e. The zero-order valence-electron chi connectivity index (χ0n) is 43.1. The summed E-state index contributed by atoms with van der Waals surface area (Å²) in [6.45, 7) is 41.7. The van der Waals surface area contributed by atoms with E-state index in [1.807, 2.05) is 83.1 Å². The Labute approximate surface area is 387 Å². The predicted octanol–water partition coefficient (Wildman–Crippen LogP) is 6.62. The standard InChI is InChI=1S/2C7H12N4O2.C6H11N3.C6H12O.C5H13BO.C4H11O3P.C4H10O3S/c1-7(2,3)6-8-9-10-11(6)4-5(12)13;1-7(2,3)6-8-10-11(9-6)4-5(12)13;1-6(2,3)5-7-4-8-9-5;1-5(7)6(2,3)4;1-5(2,3)6(4)7;2*1-4(2,3)8(5,6)7/h2*4H2,1-3H3,(H,12,13);4H2,1-3H3;1-4H3;7H,1-4H3;1-3H3,(H2,5,6,7);1-3H3,(H,5,6,7). The van der Waals surface area contributed by atoms with Gasteiger partial charge in [-0.05, 0) is 69.4 Å². The molecule has 2 aromatic rings. The first-order valence-electron chi connectivity index (χ1n) is 20.4. The molecule has 0 unspecified atom stereocenters. The van der Waals surface area contributed by atoms with Gasteiger partial charge in [-0.3, -0.25) is 23.5 Å². The molecule has 378 valence electrons. The Morgan fingerprint density at radius 3 is 1.31 bits per heavy atom. The zero-order chi connectivity index (χ0) is 53.2. The molecule has 0 radical (unpaired) electrons. The molecule has 0 saturated carbocycles. The summed E-state index contributed by atoms with van der Waals surface area (Å²) in [5.41, 5.74) is -0.504. The van der Waals surface area contributed by atoms with Crippen LogP contribution in [0.2, 0.25) is 12.1 Å². The van der Waals surface area contributed by atoms with Crippen molar-refractivity contribution in [2.24, 2.45) is 26.1 Å². The number of carboxylic acid groups (broad SMARTS) is 2. The van der Waals surface area contributed by atoms with Gasteiger partial charge in [0.25, 0.3) is 17.0 Å². The van der Waals surface area contributed by atoms with E-state index in [-0.39, 0.29) is 52.8 Å². The third-order valence-electron chi connectivity index (χ3n) is 7.97.